The number of aliphatic hydroxyl groups is 3. The van der Waals surface area contributed by atoms with Gasteiger partial charge in [0.05, 0.1) is 0 Å². The van der Waals surface area contributed by atoms with Crippen molar-refractivity contribution in [1.29, 1.82) is 0 Å². The lowest BCUT2D eigenvalue weighted by atomic mass is 9.78. The number of allylic oxidation sites excluding steroid dienone is 6. The Hall–Kier alpha value is -1.89. The molecule has 0 radical (unpaired) electrons. The first-order valence-corrected chi connectivity index (χ1v) is 25.4. The highest BCUT2D eigenvalue weighted by atomic mass is 16.4. The molecule has 0 amide bonds. The molecule has 0 aromatic heterocycles. The van der Waals surface area contributed by atoms with E-state index in [1.807, 2.05) is 0 Å². The molecule has 0 fully saturated rings. The van der Waals surface area contributed by atoms with Crippen LogP contribution in [0.3, 0.4) is 0 Å². The summed E-state index contributed by atoms with van der Waals surface area (Å²) in [5.74, 6) is -2.15. The second-order valence-corrected chi connectivity index (χ2v) is 17.6. The Labute approximate surface area is 365 Å². The predicted octanol–water partition coefficient (Wildman–Crippen LogP) is 14.7. The topological polar surface area (TPSA) is 112 Å². The molecule has 0 heterocycles. The predicted molar refractivity (Wildman–Crippen MR) is 252 cm³/mol. The summed E-state index contributed by atoms with van der Waals surface area (Å²) >= 11 is 0. The number of rotatable bonds is 46. The molecule has 0 rings (SSSR count). The second-order valence-electron chi connectivity index (χ2n) is 17.6. The number of aliphatic hydroxyl groups excluding tert-OH is 2. The van der Waals surface area contributed by atoms with Crippen LogP contribution in [0.2, 0.25) is 0 Å². The van der Waals surface area contributed by atoms with Crippen molar-refractivity contribution in [3.05, 3.63) is 36.5 Å². The summed E-state index contributed by atoms with van der Waals surface area (Å²) in [5, 5.41) is 34.0. The van der Waals surface area contributed by atoms with Gasteiger partial charge < -0.3 is 15.3 Å². The zero-order chi connectivity index (χ0) is 43.5. The average Bonchev–Trinajstić information content (AvgIpc) is 3.24. The molecular formula is C53H96O6. The van der Waals surface area contributed by atoms with E-state index in [-0.39, 0.29) is 19.3 Å². The zero-order valence-corrected chi connectivity index (χ0v) is 39.1. The van der Waals surface area contributed by atoms with Gasteiger partial charge >= 0.3 is 0 Å². The van der Waals surface area contributed by atoms with Gasteiger partial charge in [0.25, 0.3) is 0 Å². The van der Waals surface area contributed by atoms with E-state index >= 15 is 0 Å². The van der Waals surface area contributed by atoms with Crippen LogP contribution < -0.4 is 0 Å². The maximum absolute atomic E-state index is 13.6. The van der Waals surface area contributed by atoms with E-state index in [1.54, 1.807) is 0 Å². The van der Waals surface area contributed by atoms with E-state index in [4.69, 9.17) is 0 Å². The van der Waals surface area contributed by atoms with Crippen LogP contribution in [-0.4, -0.2) is 50.5 Å². The molecule has 6 heteroatoms. The van der Waals surface area contributed by atoms with Crippen molar-refractivity contribution in [3.63, 3.8) is 0 Å². The lowest BCUT2D eigenvalue weighted by molar-refractivity contribution is -0.181. The Bertz CT molecular complexity index is 1010. The first kappa shape index (κ1) is 57.1. The van der Waals surface area contributed by atoms with Gasteiger partial charge in [-0.25, -0.2) is 0 Å². The van der Waals surface area contributed by atoms with Gasteiger partial charge in [-0.1, -0.05) is 231 Å². The molecule has 0 aliphatic carbocycles. The van der Waals surface area contributed by atoms with E-state index < -0.39 is 35.2 Å². The zero-order valence-electron chi connectivity index (χ0n) is 39.1. The number of carbonyl (C=O) groups is 3. The van der Waals surface area contributed by atoms with Gasteiger partial charge in [-0.3, -0.25) is 14.4 Å². The molecule has 59 heavy (non-hydrogen) atoms. The highest BCUT2D eigenvalue weighted by molar-refractivity contribution is 6.01. The Kier molecular flexibility index (Phi) is 41.4. The summed E-state index contributed by atoms with van der Waals surface area (Å²) in [6, 6.07) is 0. The van der Waals surface area contributed by atoms with Crippen LogP contribution in [0.1, 0.15) is 265 Å². The molecule has 2 atom stereocenters. The van der Waals surface area contributed by atoms with Crippen LogP contribution in [0.4, 0.5) is 0 Å². The number of Topliss-reactive ketones (excluding diaryl/α,β-unsaturated/α-hetero) is 3. The van der Waals surface area contributed by atoms with Gasteiger partial charge in [0, 0.05) is 19.3 Å². The van der Waals surface area contributed by atoms with Crippen LogP contribution in [0.15, 0.2) is 36.5 Å². The SMILES string of the molecule is CC/C=C\C/C=C\C/C=C\CCCCCCCC(=O)C(O)(C(O)C(=O)CCCCCCCCCCCCCCC)C(O)C(=O)CCCCCCCCCCCCCCC. The molecule has 6 nitrogen and oxygen atoms in total. The van der Waals surface area contributed by atoms with E-state index in [9.17, 15) is 29.7 Å². The molecule has 0 saturated heterocycles. The van der Waals surface area contributed by atoms with Crippen molar-refractivity contribution in [2.24, 2.45) is 0 Å². The second kappa shape index (κ2) is 42.8. The Balaban J connectivity index is 4.84. The third-order valence-corrected chi connectivity index (χ3v) is 12.0. The Morgan fingerprint density at radius 1 is 0.390 bits per heavy atom. The molecule has 0 aromatic rings. The van der Waals surface area contributed by atoms with Crippen LogP contribution in [-0.2, 0) is 14.4 Å². The van der Waals surface area contributed by atoms with E-state index in [0.29, 0.717) is 19.3 Å². The fraction of sp³-hybridized carbons (Fsp3) is 0.830. The molecule has 344 valence electrons. The minimum absolute atomic E-state index is 0.00925. The fourth-order valence-electron chi connectivity index (χ4n) is 7.96. The quantitative estimate of drug-likeness (QED) is 0.0416. The number of carbonyl (C=O) groups excluding carboxylic acids is 3. The maximum Gasteiger partial charge on any atom is 0.189 e. The summed E-state index contributed by atoms with van der Waals surface area (Å²) in [6.45, 7) is 6.62. The van der Waals surface area contributed by atoms with Gasteiger partial charge in [-0.15, -0.1) is 0 Å². The van der Waals surface area contributed by atoms with Crippen molar-refractivity contribution < 1.29 is 29.7 Å². The van der Waals surface area contributed by atoms with Crippen molar-refractivity contribution >= 4 is 17.3 Å². The first-order valence-electron chi connectivity index (χ1n) is 25.4. The van der Waals surface area contributed by atoms with Crippen molar-refractivity contribution in [1.82, 2.24) is 0 Å². The molecule has 0 aromatic carbocycles. The van der Waals surface area contributed by atoms with Gasteiger partial charge in [-0.05, 0) is 51.4 Å². The van der Waals surface area contributed by atoms with Gasteiger partial charge in [0.1, 0.15) is 0 Å². The number of hydrogen-bond donors (Lipinski definition) is 3. The summed E-state index contributed by atoms with van der Waals surface area (Å²) in [4.78, 5) is 40.0. The molecular weight excluding hydrogens is 733 g/mol. The molecule has 0 saturated carbocycles. The fourth-order valence-corrected chi connectivity index (χ4v) is 7.96. The minimum atomic E-state index is -2.81. The summed E-state index contributed by atoms with van der Waals surface area (Å²) in [6.07, 6.45) is 47.2. The monoisotopic (exact) mass is 829 g/mol. The highest BCUT2D eigenvalue weighted by Crippen LogP contribution is 2.26. The van der Waals surface area contributed by atoms with E-state index in [1.165, 1.54) is 116 Å². The van der Waals surface area contributed by atoms with Crippen molar-refractivity contribution in [2.75, 3.05) is 0 Å². The minimum Gasteiger partial charge on any atom is -0.382 e. The normalized spacial score (nSPS) is 14.1. The highest BCUT2D eigenvalue weighted by Gasteiger charge is 2.53. The summed E-state index contributed by atoms with van der Waals surface area (Å²) < 4.78 is 0. The third kappa shape index (κ3) is 32.5. The molecule has 3 N–H and O–H groups in total. The Morgan fingerprint density at radius 3 is 1.03 bits per heavy atom. The van der Waals surface area contributed by atoms with E-state index in [2.05, 4.69) is 57.2 Å². The first-order chi connectivity index (χ1) is 28.8. The van der Waals surface area contributed by atoms with Crippen LogP contribution in [0, 0.1) is 0 Å². The lowest BCUT2D eigenvalue weighted by Gasteiger charge is -2.34. The average molecular weight is 829 g/mol. The molecule has 0 spiro atoms. The number of ketones is 3. The third-order valence-electron chi connectivity index (χ3n) is 12.0. The summed E-state index contributed by atoms with van der Waals surface area (Å²) in [5.41, 5.74) is -2.81. The van der Waals surface area contributed by atoms with Crippen molar-refractivity contribution in [3.8, 4) is 0 Å². The van der Waals surface area contributed by atoms with Gasteiger partial charge in [0.2, 0.25) is 0 Å². The summed E-state index contributed by atoms with van der Waals surface area (Å²) in [7, 11) is 0. The molecule has 0 aliphatic rings. The Morgan fingerprint density at radius 2 is 0.678 bits per heavy atom. The maximum atomic E-state index is 13.6. The van der Waals surface area contributed by atoms with Crippen LogP contribution in [0.5, 0.6) is 0 Å². The molecule has 0 aliphatic heterocycles. The largest absolute Gasteiger partial charge is 0.382 e. The molecule has 2 unspecified atom stereocenters. The van der Waals surface area contributed by atoms with Gasteiger partial charge in [-0.2, -0.15) is 0 Å². The van der Waals surface area contributed by atoms with Crippen molar-refractivity contribution in [2.45, 2.75) is 283 Å². The molecule has 0 bridgehead atoms. The number of hydrogen-bond acceptors (Lipinski definition) is 6. The number of unbranched alkanes of at least 4 members (excludes halogenated alkanes) is 29. The van der Waals surface area contributed by atoms with Crippen LogP contribution >= 0.6 is 0 Å². The standard InChI is InChI=1S/C53H96O6/c1-4-7-10-13-16-19-22-25-26-29-32-35-38-41-44-47-50(56)53(59,51(57)48(54)45-42-39-36-33-30-27-23-20-17-14-11-8-5-2)52(58)49(55)46-43-40-37-34-31-28-24-21-18-15-12-9-6-3/h7,10,16,19,25-26,51-52,57-59H,4-6,8-9,11-15,17-18,20-24,27-47H2,1-3H3/b10-7-,19-16-,26-25-. The van der Waals surface area contributed by atoms with E-state index in [0.717, 1.165) is 89.9 Å². The van der Waals surface area contributed by atoms with Gasteiger partial charge in [0.15, 0.2) is 35.2 Å². The van der Waals surface area contributed by atoms with Crippen LogP contribution in [0.25, 0.3) is 0 Å². The lowest BCUT2D eigenvalue weighted by Crippen LogP contribution is -2.63. The smallest absolute Gasteiger partial charge is 0.189 e.